The molecule has 3 heterocycles. The number of rotatable bonds is 5. The second-order valence-electron chi connectivity index (χ2n) is 7.34. The standard InChI is InChI=1S/C21H25N5O2/c1-14-15(2)28-19(23-14)13-26-10-6-9-17(12-26)20-18(11-22-25-20)24-21(27)16-7-4-3-5-8-16/h3-5,7-8,11,17H,6,9-10,12-13H2,1-2H3,(H,22,25)(H,24,27)/t17-/m0/s1. The van der Waals surface area contributed by atoms with Crippen molar-refractivity contribution in [2.24, 2.45) is 0 Å². The minimum absolute atomic E-state index is 0.123. The summed E-state index contributed by atoms with van der Waals surface area (Å²) in [5.41, 5.74) is 3.31. The molecule has 7 nitrogen and oxygen atoms in total. The van der Waals surface area contributed by atoms with Crippen molar-refractivity contribution in [1.29, 1.82) is 0 Å². The average Bonchev–Trinajstić information content (AvgIpc) is 3.29. The van der Waals surface area contributed by atoms with E-state index in [1.807, 2.05) is 32.0 Å². The molecule has 1 fully saturated rings. The van der Waals surface area contributed by atoms with Gasteiger partial charge in [-0.15, -0.1) is 0 Å². The quantitative estimate of drug-likeness (QED) is 0.707. The highest BCUT2D eigenvalue weighted by Crippen LogP contribution is 2.31. The summed E-state index contributed by atoms with van der Waals surface area (Å²) >= 11 is 0. The third kappa shape index (κ3) is 3.99. The molecule has 1 aliphatic rings. The van der Waals surface area contributed by atoms with E-state index in [0.717, 1.165) is 54.7 Å². The molecule has 1 amide bonds. The molecule has 0 unspecified atom stereocenters. The summed E-state index contributed by atoms with van der Waals surface area (Å²) < 4.78 is 5.74. The minimum atomic E-state index is -0.123. The Balaban J connectivity index is 1.44. The maximum absolute atomic E-state index is 12.5. The molecule has 1 aromatic carbocycles. The smallest absolute Gasteiger partial charge is 0.255 e. The van der Waals surface area contributed by atoms with E-state index in [1.165, 1.54) is 0 Å². The third-order valence-electron chi connectivity index (χ3n) is 5.30. The molecule has 0 saturated carbocycles. The number of aromatic amines is 1. The van der Waals surface area contributed by atoms with Gasteiger partial charge in [-0.05, 0) is 45.4 Å². The fourth-order valence-corrected chi connectivity index (χ4v) is 3.72. The first-order valence-corrected chi connectivity index (χ1v) is 9.65. The highest BCUT2D eigenvalue weighted by atomic mass is 16.4. The molecule has 1 atom stereocenters. The third-order valence-corrected chi connectivity index (χ3v) is 5.30. The number of aryl methyl sites for hydroxylation is 2. The van der Waals surface area contributed by atoms with Gasteiger partial charge in [-0.25, -0.2) is 4.98 Å². The molecule has 0 radical (unpaired) electrons. The number of H-pyrrole nitrogens is 1. The number of aromatic nitrogens is 3. The van der Waals surface area contributed by atoms with Crippen LogP contribution >= 0.6 is 0 Å². The van der Waals surface area contributed by atoms with Crippen molar-refractivity contribution >= 4 is 11.6 Å². The molecule has 146 valence electrons. The average molecular weight is 379 g/mol. The van der Waals surface area contributed by atoms with Crippen LogP contribution in [0.25, 0.3) is 0 Å². The molecule has 0 bridgehead atoms. The predicted molar refractivity (Wildman–Crippen MR) is 106 cm³/mol. The van der Waals surface area contributed by atoms with Gasteiger partial charge in [0.25, 0.3) is 5.91 Å². The monoisotopic (exact) mass is 379 g/mol. The Kier molecular flexibility index (Phi) is 5.25. The van der Waals surface area contributed by atoms with Crippen molar-refractivity contribution in [1.82, 2.24) is 20.1 Å². The van der Waals surface area contributed by atoms with Crippen molar-refractivity contribution in [2.75, 3.05) is 18.4 Å². The zero-order valence-corrected chi connectivity index (χ0v) is 16.2. The van der Waals surface area contributed by atoms with E-state index in [9.17, 15) is 4.79 Å². The lowest BCUT2D eigenvalue weighted by Crippen LogP contribution is -2.34. The number of benzene rings is 1. The van der Waals surface area contributed by atoms with Crippen LogP contribution < -0.4 is 5.32 Å². The lowest BCUT2D eigenvalue weighted by Gasteiger charge is -2.31. The Morgan fingerprint density at radius 1 is 1.32 bits per heavy atom. The summed E-state index contributed by atoms with van der Waals surface area (Å²) in [6, 6.07) is 9.22. The van der Waals surface area contributed by atoms with Gasteiger partial charge in [0.2, 0.25) is 5.89 Å². The fraction of sp³-hybridized carbons (Fsp3) is 0.381. The Hall–Kier alpha value is -2.93. The molecule has 0 aliphatic carbocycles. The molecule has 3 aromatic rings. The van der Waals surface area contributed by atoms with Crippen LogP contribution in [0.15, 0.2) is 40.9 Å². The predicted octanol–water partition coefficient (Wildman–Crippen LogP) is 3.65. The van der Waals surface area contributed by atoms with Crippen LogP contribution in [0.4, 0.5) is 5.69 Å². The first-order chi connectivity index (χ1) is 13.6. The van der Waals surface area contributed by atoms with Gasteiger partial charge in [0, 0.05) is 18.0 Å². The number of anilines is 1. The number of piperidine rings is 1. The van der Waals surface area contributed by atoms with Crippen LogP contribution in [0.1, 0.15) is 52.2 Å². The topological polar surface area (TPSA) is 87.0 Å². The molecule has 2 aromatic heterocycles. The number of carbonyl (C=O) groups is 1. The van der Waals surface area contributed by atoms with Crippen molar-refractivity contribution in [2.45, 2.75) is 39.2 Å². The second kappa shape index (κ2) is 7.98. The van der Waals surface area contributed by atoms with Gasteiger partial charge < -0.3 is 9.73 Å². The Bertz CT molecular complexity index is 927. The number of hydrogen-bond acceptors (Lipinski definition) is 5. The lowest BCUT2D eigenvalue weighted by atomic mass is 9.94. The number of oxazole rings is 1. The molecular weight excluding hydrogens is 354 g/mol. The number of amides is 1. The van der Waals surface area contributed by atoms with Gasteiger partial charge in [0.1, 0.15) is 5.76 Å². The van der Waals surface area contributed by atoms with Gasteiger partial charge >= 0.3 is 0 Å². The first kappa shape index (κ1) is 18.4. The summed E-state index contributed by atoms with van der Waals surface area (Å²) in [7, 11) is 0. The van der Waals surface area contributed by atoms with Crippen LogP contribution in [0, 0.1) is 13.8 Å². The van der Waals surface area contributed by atoms with Crippen molar-refractivity contribution < 1.29 is 9.21 Å². The van der Waals surface area contributed by atoms with E-state index in [2.05, 4.69) is 25.4 Å². The first-order valence-electron chi connectivity index (χ1n) is 9.65. The second-order valence-corrected chi connectivity index (χ2v) is 7.34. The Labute approximate surface area is 164 Å². The van der Waals surface area contributed by atoms with Crippen LogP contribution in [0.3, 0.4) is 0 Å². The van der Waals surface area contributed by atoms with E-state index in [1.54, 1.807) is 18.3 Å². The van der Waals surface area contributed by atoms with Gasteiger partial charge in [0.15, 0.2) is 0 Å². The largest absolute Gasteiger partial charge is 0.444 e. The maximum Gasteiger partial charge on any atom is 0.255 e. The molecule has 2 N–H and O–H groups in total. The Morgan fingerprint density at radius 2 is 2.14 bits per heavy atom. The number of nitrogens with one attached hydrogen (secondary N) is 2. The molecule has 7 heteroatoms. The number of hydrogen-bond donors (Lipinski definition) is 2. The zero-order chi connectivity index (χ0) is 19.5. The van der Waals surface area contributed by atoms with Crippen LogP contribution in [0.5, 0.6) is 0 Å². The van der Waals surface area contributed by atoms with Gasteiger partial charge in [-0.2, -0.15) is 5.10 Å². The zero-order valence-electron chi connectivity index (χ0n) is 16.2. The lowest BCUT2D eigenvalue weighted by molar-refractivity contribution is 0.102. The summed E-state index contributed by atoms with van der Waals surface area (Å²) in [4.78, 5) is 19.3. The molecule has 1 saturated heterocycles. The molecule has 1 aliphatic heterocycles. The summed E-state index contributed by atoms with van der Waals surface area (Å²) in [5, 5.41) is 10.3. The SMILES string of the molecule is Cc1nc(CN2CCC[C@H](c3[nH]ncc3NC(=O)c3ccccc3)C2)oc1C. The van der Waals surface area contributed by atoms with Crippen LogP contribution in [-0.4, -0.2) is 39.1 Å². The maximum atomic E-state index is 12.5. The normalized spacial score (nSPS) is 17.6. The summed E-state index contributed by atoms with van der Waals surface area (Å²) in [6.07, 6.45) is 3.82. The Morgan fingerprint density at radius 3 is 2.89 bits per heavy atom. The van der Waals surface area contributed by atoms with Crippen LogP contribution in [0.2, 0.25) is 0 Å². The molecule has 28 heavy (non-hydrogen) atoms. The molecule has 4 rings (SSSR count). The van der Waals surface area contributed by atoms with Gasteiger partial charge in [0.05, 0.1) is 29.8 Å². The van der Waals surface area contributed by atoms with Crippen molar-refractivity contribution in [3.05, 3.63) is 65.1 Å². The highest BCUT2D eigenvalue weighted by Gasteiger charge is 2.26. The molecule has 0 spiro atoms. The van der Waals surface area contributed by atoms with E-state index < -0.39 is 0 Å². The van der Waals surface area contributed by atoms with E-state index in [-0.39, 0.29) is 11.8 Å². The number of likely N-dealkylation sites (tertiary alicyclic amines) is 1. The van der Waals surface area contributed by atoms with Crippen molar-refractivity contribution in [3.63, 3.8) is 0 Å². The summed E-state index contributed by atoms with van der Waals surface area (Å²) in [5.74, 6) is 1.79. The minimum Gasteiger partial charge on any atom is -0.444 e. The van der Waals surface area contributed by atoms with Gasteiger partial charge in [-0.3, -0.25) is 14.8 Å². The van der Waals surface area contributed by atoms with Gasteiger partial charge in [-0.1, -0.05) is 18.2 Å². The van der Waals surface area contributed by atoms with E-state index in [0.29, 0.717) is 12.1 Å². The van der Waals surface area contributed by atoms with Crippen molar-refractivity contribution in [3.8, 4) is 0 Å². The summed E-state index contributed by atoms with van der Waals surface area (Å²) in [6.45, 7) is 6.49. The number of nitrogens with zero attached hydrogens (tertiary/aromatic N) is 3. The van der Waals surface area contributed by atoms with E-state index >= 15 is 0 Å². The fourth-order valence-electron chi connectivity index (χ4n) is 3.72. The van der Waals surface area contributed by atoms with E-state index in [4.69, 9.17) is 4.42 Å². The highest BCUT2D eigenvalue weighted by molar-refractivity contribution is 6.04. The molecular formula is C21H25N5O2. The number of carbonyl (C=O) groups excluding carboxylic acids is 1. The van der Waals surface area contributed by atoms with Crippen LogP contribution in [-0.2, 0) is 6.54 Å².